The van der Waals surface area contributed by atoms with E-state index in [0.29, 0.717) is 30.1 Å². The number of amides is 2. The predicted molar refractivity (Wildman–Crippen MR) is 88.6 cm³/mol. The highest BCUT2D eigenvalue weighted by Gasteiger charge is 2.34. The van der Waals surface area contributed by atoms with E-state index in [9.17, 15) is 14.4 Å². The maximum absolute atomic E-state index is 12.4. The van der Waals surface area contributed by atoms with Gasteiger partial charge in [0.25, 0.3) is 0 Å². The monoisotopic (exact) mass is 342 g/mol. The molecule has 1 aromatic carbocycles. The number of esters is 1. The summed E-state index contributed by atoms with van der Waals surface area (Å²) >= 11 is 0. The summed E-state index contributed by atoms with van der Waals surface area (Å²) in [5.41, 5.74) is 0.840. The first-order valence-electron chi connectivity index (χ1n) is 7.86. The fraction of sp³-hybridized carbons (Fsp3) is 0.278. The molecular weight excluding hydrogens is 324 g/mol. The fourth-order valence-electron chi connectivity index (χ4n) is 2.78. The molecule has 0 radical (unpaired) electrons. The van der Waals surface area contributed by atoms with Gasteiger partial charge in [0.1, 0.15) is 5.76 Å². The number of hydrogen-bond donors (Lipinski definition) is 1. The molecule has 1 aromatic heterocycles. The van der Waals surface area contributed by atoms with Gasteiger partial charge in [-0.25, -0.2) is 4.79 Å². The Hall–Kier alpha value is -3.09. The molecule has 0 aliphatic carbocycles. The highest BCUT2D eigenvalue weighted by molar-refractivity contribution is 5.98. The van der Waals surface area contributed by atoms with Gasteiger partial charge in [-0.15, -0.1) is 0 Å². The molecular formula is C18H18N2O5. The molecule has 7 nitrogen and oxygen atoms in total. The topological polar surface area (TPSA) is 88.8 Å². The Morgan fingerprint density at radius 2 is 2.16 bits per heavy atom. The molecule has 7 heteroatoms. The van der Waals surface area contributed by atoms with Gasteiger partial charge in [-0.05, 0) is 30.3 Å². The molecule has 2 amide bonds. The number of hydrogen-bond acceptors (Lipinski definition) is 5. The Balaban J connectivity index is 1.62. The summed E-state index contributed by atoms with van der Waals surface area (Å²) in [4.78, 5) is 37.7. The number of carbonyl (C=O) groups is 3. The van der Waals surface area contributed by atoms with Crippen LogP contribution in [-0.4, -0.2) is 36.3 Å². The summed E-state index contributed by atoms with van der Waals surface area (Å²) in [6, 6.07) is 10.0. The van der Waals surface area contributed by atoms with Gasteiger partial charge in [0.15, 0.2) is 0 Å². The Kier molecular flexibility index (Phi) is 4.83. The third-order valence-corrected chi connectivity index (χ3v) is 4.06. The van der Waals surface area contributed by atoms with Crippen LogP contribution in [0.15, 0.2) is 47.1 Å². The maximum atomic E-state index is 12.4. The second-order valence-corrected chi connectivity index (χ2v) is 5.82. The van der Waals surface area contributed by atoms with Crippen molar-refractivity contribution >= 4 is 23.5 Å². The van der Waals surface area contributed by atoms with Crippen molar-refractivity contribution in [3.8, 4) is 0 Å². The first-order chi connectivity index (χ1) is 12.1. The highest BCUT2D eigenvalue weighted by atomic mass is 16.5. The molecule has 0 spiro atoms. The van der Waals surface area contributed by atoms with Gasteiger partial charge in [0.05, 0.1) is 31.4 Å². The summed E-state index contributed by atoms with van der Waals surface area (Å²) in [6.45, 7) is 0.690. The van der Waals surface area contributed by atoms with Crippen molar-refractivity contribution in [2.45, 2.75) is 13.0 Å². The second kappa shape index (κ2) is 7.21. The zero-order valence-electron chi connectivity index (χ0n) is 13.7. The van der Waals surface area contributed by atoms with Gasteiger partial charge in [-0.3, -0.25) is 9.59 Å². The Bertz CT molecular complexity index is 785. The molecule has 1 aliphatic heterocycles. The quantitative estimate of drug-likeness (QED) is 0.840. The normalized spacial score (nSPS) is 16.8. The summed E-state index contributed by atoms with van der Waals surface area (Å²) in [5, 5.41) is 2.75. The molecule has 1 saturated heterocycles. The van der Waals surface area contributed by atoms with Gasteiger partial charge in [0.2, 0.25) is 11.8 Å². The smallest absolute Gasteiger partial charge is 0.337 e. The van der Waals surface area contributed by atoms with Crippen LogP contribution >= 0.6 is 0 Å². The standard InChI is InChI=1S/C18H18N2O5/c1-24-18(23)12-4-2-5-14(8-12)19-17(22)13-9-16(21)20(10-13)11-15-6-3-7-25-15/h2-8,13H,9-11H2,1H3,(H,19,22)/t13-/m0/s1. The van der Waals surface area contributed by atoms with Crippen LogP contribution in [0.4, 0.5) is 5.69 Å². The molecule has 2 heterocycles. The van der Waals surface area contributed by atoms with Crippen LogP contribution in [0.3, 0.4) is 0 Å². The van der Waals surface area contributed by atoms with Gasteiger partial charge >= 0.3 is 5.97 Å². The van der Waals surface area contributed by atoms with Crippen molar-refractivity contribution in [1.82, 2.24) is 4.90 Å². The van der Waals surface area contributed by atoms with Crippen LogP contribution in [-0.2, 0) is 20.9 Å². The maximum Gasteiger partial charge on any atom is 0.337 e. The third-order valence-electron chi connectivity index (χ3n) is 4.06. The van der Waals surface area contributed by atoms with Gasteiger partial charge in [0, 0.05) is 18.7 Å². The number of nitrogens with zero attached hydrogens (tertiary/aromatic N) is 1. The number of likely N-dealkylation sites (tertiary alicyclic amines) is 1. The van der Waals surface area contributed by atoms with Crippen molar-refractivity contribution in [2.75, 3.05) is 19.0 Å². The minimum Gasteiger partial charge on any atom is -0.467 e. The molecule has 1 N–H and O–H groups in total. The van der Waals surface area contributed by atoms with Crippen LogP contribution in [0.25, 0.3) is 0 Å². The molecule has 1 atom stereocenters. The van der Waals surface area contributed by atoms with E-state index < -0.39 is 11.9 Å². The molecule has 0 unspecified atom stereocenters. The summed E-state index contributed by atoms with van der Waals surface area (Å²) in [7, 11) is 1.30. The molecule has 130 valence electrons. The lowest BCUT2D eigenvalue weighted by atomic mass is 10.1. The molecule has 1 aliphatic rings. The Morgan fingerprint density at radius 1 is 1.32 bits per heavy atom. The molecule has 0 saturated carbocycles. The number of rotatable bonds is 5. The van der Waals surface area contributed by atoms with Gasteiger partial charge in [-0.2, -0.15) is 0 Å². The molecule has 0 bridgehead atoms. The van der Waals surface area contributed by atoms with Crippen molar-refractivity contribution in [3.63, 3.8) is 0 Å². The fourth-order valence-corrected chi connectivity index (χ4v) is 2.78. The first kappa shape index (κ1) is 16.8. The number of methoxy groups -OCH3 is 1. The summed E-state index contributed by atoms with van der Waals surface area (Å²) in [6.07, 6.45) is 1.71. The number of carbonyl (C=O) groups excluding carboxylic acids is 3. The molecule has 1 fully saturated rings. The van der Waals surface area contributed by atoms with E-state index in [1.54, 1.807) is 47.6 Å². The number of ether oxygens (including phenoxy) is 1. The van der Waals surface area contributed by atoms with E-state index in [2.05, 4.69) is 10.1 Å². The van der Waals surface area contributed by atoms with E-state index in [-0.39, 0.29) is 18.2 Å². The minimum absolute atomic E-state index is 0.0835. The van der Waals surface area contributed by atoms with Crippen molar-refractivity contribution in [1.29, 1.82) is 0 Å². The molecule has 25 heavy (non-hydrogen) atoms. The van der Waals surface area contributed by atoms with Gasteiger partial charge < -0.3 is 19.4 Å². The van der Waals surface area contributed by atoms with Crippen molar-refractivity contribution in [2.24, 2.45) is 5.92 Å². The van der Waals surface area contributed by atoms with E-state index in [4.69, 9.17) is 4.42 Å². The SMILES string of the molecule is COC(=O)c1cccc(NC(=O)[C@H]2CC(=O)N(Cc3ccco3)C2)c1. The first-order valence-corrected chi connectivity index (χ1v) is 7.86. The van der Waals surface area contributed by atoms with Gasteiger partial charge in [-0.1, -0.05) is 6.07 Å². The minimum atomic E-state index is -0.475. The number of furan rings is 1. The third kappa shape index (κ3) is 3.88. The highest BCUT2D eigenvalue weighted by Crippen LogP contribution is 2.22. The van der Waals surface area contributed by atoms with Crippen LogP contribution in [0.5, 0.6) is 0 Å². The second-order valence-electron chi connectivity index (χ2n) is 5.82. The van der Waals surface area contributed by atoms with E-state index >= 15 is 0 Å². The lowest BCUT2D eigenvalue weighted by molar-refractivity contribution is -0.128. The zero-order chi connectivity index (χ0) is 17.8. The lowest BCUT2D eigenvalue weighted by Crippen LogP contribution is -2.27. The lowest BCUT2D eigenvalue weighted by Gasteiger charge is -2.15. The number of anilines is 1. The van der Waals surface area contributed by atoms with E-state index in [1.807, 2.05) is 0 Å². The van der Waals surface area contributed by atoms with E-state index in [1.165, 1.54) is 7.11 Å². The average Bonchev–Trinajstić information content (AvgIpc) is 3.25. The number of benzene rings is 1. The average molecular weight is 342 g/mol. The van der Waals surface area contributed by atoms with Crippen molar-refractivity contribution < 1.29 is 23.5 Å². The van der Waals surface area contributed by atoms with E-state index in [0.717, 1.165) is 0 Å². The largest absolute Gasteiger partial charge is 0.467 e. The Morgan fingerprint density at radius 3 is 2.88 bits per heavy atom. The zero-order valence-corrected chi connectivity index (χ0v) is 13.7. The van der Waals surface area contributed by atoms with Crippen LogP contribution in [0, 0.1) is 5.92 Å². The molecule has 3 rings (SSSR count). The van der Waals surface area contributed by atoms with Crippen LogP contribution < -0.4 is 5.32 Å². The van der Waals surface area contributed by atoms with Crippen LogP contribution in [0.2, 0.25) is 0 Å². The van der Waals surface area contributed by atoms with Crippen LogP contribution in [0.1, 0.15) is 22.5 Å². The van der Waals surface area contributed by atoms with Crippen molar-refractivity contribution in [3.05, 3.63) is 54.0 Å². The predicted octanol–water partition coefficient (Wildman–Crippen LogP) is 2.05. The summed E-state index contributed by atoms with van der Waals surface area (Å²) in [5.74, 6) is -0.571. The summed E-state index contributed by atoms with van der Waals surface area (Å²) < 4.78 is 9.91. The number of nitrogens with one attached hydrogen (secondary N) is 1. The Labute approximate surface area is 144 Å². The molecule has 2 aromatic rings.